The van der Waals surface area contributed by atoms with E-state index in [-0.39, 0.29) is 0 Å². The lowest BCUT2D eigenvalue weighted by molar-refractivity contribution is 0.133. The maximum absolute atomic E-state index is 5.59. The Morgan fingerprint density at radius 3 is 1.63 bits per heavy atom. The predicted octanol–water partition coefficient (Wildman–Crippen LogP) is 1.87. The largest absolute Gasteiger partial charge is 0.372 e. The molecular formula is C24H40N2O4. The molecule has 30 heavy (non-hydrogen) atoms. The Morgan fingerprint density at radius 2 is 1.13 bits per heavy atom. The maximum Gasteiger partial charge on any atom is 0.0936 e. The molecule has 2 aliphatic carbocycles. The zero-order valence-corrected chi connectivity index (χ0v) is 18.6. The monoisotopic (exact) mass is 420 g/mol. The van der Waals surface area contributed by atoms with Crippen LogP contribution in [0.5, 0.6) is 0 Å². The van der Waals surface area contributed by atoms with E-state index in [0.29, 0.717) is 24.4 Å². The summed E-state index contributed by atoms with van der Waals surface area (Å²) in [6, 6.07) is 0. The molecule has 4 heterocycles. The normalized spacial score (nSPS) is 46.3. The molecule has 2 bridgehead atoms. The summed E-state index contributed by atoms with van der Waals surface area (Å²) >= 11 is 0. The minimum absolute atomic E-state index is 0.481. The standard InChI is InChI=1S/C24H40N2O4/c1-16-2-3-23-18(6-25(7-19-12-27-19)8-20-13-28-20)5-17(4-16)24(23)11-26(9-21-14-29-21)10-22-15-30-22/h16-24H,2-15H2,1H3. The zero-order chi connectivity index (χ0) is 20.1. The van der Waals surface area contributed by atoms with Crippen molar-refractivity contribution in [1.82, 2.24) is 9.80 Å². The van der Waals surface area contributed by atoms with Crippen molar-refractivity contribution in [2.45, 2.75) is 57.0 Å². The van der Waals surface area contributed by atoms with Gasteiger partial charge in [0.1, 0.15) is 0 Å². The lowest BCUT2D eigenvalue weighted by atomic mass is 9.84. The number of hydrogen-bond acceptors (Lipinski definition) is 6. The summed E-state index contributed by atoms with van der Waals surface area (Å²) in [5, 5.41) is 0. The van der Waals surface area contributed by atoms with Gasteiger partial charge in [-0.2, -0.15) is 0 Å². The van der Waals surface area contributed by atoms with Gasteiger partial charge >= 0.3 is 0 Å². The van der Waals surface area contributed by atoms with Crippen LogP contribution in [-0.4, -0.2) is 99.9 Å². The van der Waals surface area contributed by atoms with E-state index in [1.807, 2.05) is 0 Å². The van der Waals surface area contributed by atoms with E-state index in [2.05, 4.69) is 16.7 Å². The van der Waals surface area contributed by atoms with Gasteiger partial charge in [-0.15, -0.1) is 0 Å². The molecule has 0 aromatic rings. The highest BCUT2D eigenvalue weighted by atomic mass is 16.6. The van der Waals surface area contributed by atoms with Crippen molar-refractivity contribution < 1.29 is 18.9 Å². The first-order valence-electron chi connectivity index (χ1n) is 12.6. The highest BCUT2D eigenvalue weighted by molar-refractivity contribution is 4.98. The van der Waals surface area contributed by atoms with E-state index < -0.39 is 0 Å². The summed E-state index contributed by atoms with van der Waals surface area (Å²) in [7, 11) is 0. The Kier molecular flexibility index (Phi) is 5.84. The van der Waals surface area contributed by atoms with Gasteiger partial charge in [0.05, 0.1) is 50.8 Å². The molecule has 6 aliphatic rings. The van der Waals surface area contributed by atoms with E-state index in [9.17, 15) is 0 Å². The van der Waals surface area contributed by atoms with Crippen molar-refractivity contribution >= 4 is 0 Å². The minimum atomic E-state index is 0.481. The van der Waals surface area contributed by atoms with E-state index in [4.69, 9.17) is 18.9 Å². The first-order valence-corrected chi connectivity index (χ1v) is 12.6. The molecule has 0 N–H and O–H groups in total. The molecule has 4 aliphatic heterocycles. The Bertz CT molecular complexity index is 562. The van der Waals surface area contributed by atoms with Gasteiger partial charge in [-0.1, -0.05) is 13.3 Å². The van der Waals surface area contributed by atoms with E-state index in [1.54, 1.807) is 0 Å². The fourth-order valence-corrected chi connectivity index (χ4v) is 6.69. The van der Waals surface area contributed by atoms with Crippen molar-refractivity contribution in [2.75, 3.05) is 65.7 Å². The van der Waals surface area contributed by atoms with Crippen LogP contribution in [0, 0.1) is 29.6 Å². The summed E-state index contributed by atoms with van der Waals surface area (Å²) in [6.45, 7) is 13.3. The first kappa shape index (κ1) is 20.4. The van der Waals surface area contributed by atoms with Gasteiger partial charge in [-0.25, -0.2) is 0 Å². The lowest BCUT2D eigenvalue weighted by Gasteiger charge is -2.32. The SMILES string of the molecule is CC1CCC2C(CN(CC3CO3)CC3CO3)CC(C1)C2CN(CC1CO1)CC1CO1. The van der Waals surface area contributed by atoms with E-state index >= 15 is 0 Å². The molecule has 6 nitrogen and oxygen atoms in total. The number of nitrogens with zero attached hydrogens (tertiary/aromatic N) is 2. The molecule has 0 spiro atoms. The van der Waals surface area contributed by atoms with Crippen LogP contribution in [0.25, 0.3) is 0 Å². The fraction of sp³-hybridized carbons (Fsp3) is 1.00. The molecule has 0 amide bonds. The third-order valence-electron chi connectivity index (χ3n) is 8.48. The lowest BCUT2D eigenvalue weighted by Crippen LogP contribution is -2.40. The molecule has 6 fully saturated rings. The van der Waals surface area contributed by atoms with Crippen molar-refractivity contribution in [2.24, 2.45) is 29.6 Å². The molecule has 0 aromatic carbocycles. The Morgan fingerprint density at radius 1 is 0.633 bits per heavy atom. The van der Waals surface area contributed by atoms with Crippen LogP contribution in [0.3, 0.4) is 0 Å². The Hall–Kier alpha value is -0.240. The van der Waals surface area contributed by atoms with Crippen LogP contribution >= 0.6 is 0 Å². The highest BCUT2D eigenvalue weighted by Crippen LogP contribution is 2.51. The third-order valence-corrected chi connectivity index (χ3v) is 8.48. The molecule has 6 rings (SSSR count). The number of fused-ring (bicyclic) bond motifs is 2. The van der Waals surface area contributed by atoms with Crippen LogP contribution in [-0.2, 0) is 18.9 Å². The van der Waals surface area contributed by atoms with Crippen LogP contribution in [0.4, 0.5) is 0 Å². The average Bonchev–Trinajstić information content (AvgIpc) is 3.51. The molecule has 6 heteroatoms. The van der Waals surface area contributed by atoms with Crippen molar-refractivity contribution in [3.63, 3.8) is 0 Å². The molecule has 170 valence electrons. The third kappa shape index (κ3) is 5.38. The molecule has 0 aromatic heterocycles. The quantitative estimate of drug-likeness (QED) is 0.450. The van der Waals surface area contributed by atoms with Gasteiger partial charge < -0.3 is 18.9 Å². The van der Waals surface area contributed by atoms with Crippen LogP contribution in [0.15, 0.2) is 0 Å². The number of epoxide rings is 4. The zero-order valence-electron chi connectivity index (χ0n) is 18.6. The molecule has 4 saturated heterocycles. The van der Waals surface area contributed by atoms with Gasteiger partial charge in [-0.3, -0.25) is 9.80 Å². The number of ether oxygens (including phenoxy) is 4. The van der Waals surface area contributed by atoms with Gasteiger partial charge in [-0.05, 0) is 48.9 Å². The van der Waals surface area contributed by atoms with Gasteiger partial charge in [0.25, 0.3) is 0 Å². The first-order chi connectivity index (χ1) is 14.7. The smallest absolute Gasteiger partial charge is 0.0936 e. The molecule has 0 radical (unpaired) electrons. The van der Waals surface area contributed by atoms with Crippen molar-refractivity contribution in [3.8, 4) is 0 Å². The summed E-state index contributed by atoms with van der Waals surface area (Å²) in [5.74, 6) is 4.38. The second kappa shape index (κ2) is 8.60. The van der Waals surface area contributed by atoms with Crippen LogP contribution in [0.2, 0.25) is 0 Å². The molecule has 9 atom stereocenters. The summed E-state index contributed by atoms with van der Waals surface area (Å²) < 4.78 is 22.3. The van der Waals surface area contributed by atoms with Crippen LogP contribution < -0.4 is 0 Å². The van der Waals surface area contributed by atoms with Crippen molar-refractivity contribution in [3.05, 3.63) is 0 Å². The average molecular weight is 421 g/mol. The van der Waals surface area contributed by atoms with Gasteiger partial charge in [0.2, 0.25) is 0 Å². The summed E-state index contributed by atoms with van der Waals surface area (Å²) in [6.07, 6.45) is 7.64. The predicted molar refractivity (Wildman–Crippen MR) is 113 cm³/mol. The van der Waals surface area contributed by atoms with Crippen LogP contribution in [0.1, 0.15) is 32.6 Å². The minimum Gasteiger partial charge on any atom is -0.372 e. The van der Waals surface area contributed by atoms with Crippen molar-refractivity contribution in [1.29, 1.82) is 0 Å². The fourth-order valence-electron chi connectivity index (χ4n) is 6.69. The Balaban J connectivity index is 1.13. The van der Waals surface area contributed by atoms with E-state index in [1.165, 1.54) is 38.8 Å². The topological polar surface area (TPSA) is 56.6 Å². The molecular weight excluding hydrogens is 380 g/mol. The summed E-state index contributed by atoms with van der Waals surface area (Å²) in [5.41, 5.74) is 0. The maximum atomic E-state index is 5.59. The number of rotatable bonds is 12. The van der Waals surface area contributed by atoms with Gasteiger partial charge in [0, 0.05) is 39.3 Å². The Labute approximate surface area is 181 Å². The van der Waals surface area contributed by atoms with Gasteiger partial charge in [0.15, 0.2) is 0 Å². The molecule has 2 saturated carbocycles. The summed E-state index contributed by atoms with van der Waals surface area (Å²) in [4.78, 5) is 5.39. The second-order valence-corrected chi connectivity index (χ2v) is 11.3. The number of hydrogen-bond donors (Lipinski definition) is 0. The highest BCUT2D eigenvalue weighted by Gasteiger charge is 2.47. The van der Waals surface area contributed by atoms with E-state index in [0.717, 1.165) is 82.2 Å². The molecule has 9 unspecified atom stereocenters. The second-order valence-electron chi connectivity index (χ2n) is 11.3.